The standard InChI is InChI=1S/C45H29N3O/c1-2-13-33(14-3-1)45-47-41(28-42(48-45)35-15-10-26-46-29-35)34-23-22-32-21-20-30-11-4-6-16-36(30)38-18-8-9-19-43(38)49-44-37-17-7-5-12-31(37)24-25-39(44)40(32)27-34/h1-29H/b21-20-. The van der Waals surface area contributed by atoms with Crippen molar-refractivity contribution < 1.29 is 4.74 Å². The average molecular weight is 628 g/mol. The van der Waals surface area contributed by atoms with Crippen molar-refractivity contribution in [3.63, 3.8) is 0 Å². The zero-order chi connectivity index (χ0) is 32.6. The third-order valence-electron chi connectivity index (χ3n) is 9.03. The van der Waals surface area contributed by atoms with Gasteiger partial charge in [0.05, 0.1) is 11.4 Å². The van der Waals surface area contributed by atoms with Crippen LogP contribution in [0.15, 0.2) is 164 Å². The minimum absolute atomic E-state index is 0.663. The van der Waals surface area contributed by atoms with E-state index in [2.05, 4.69) is 120 Å². The number of aromatic nitrogens is 3. The van der Waals surface area contributed by atoms with E-state index >= 15 is 0 Å². The molecule has 8 aromatic rings. The molecule has 0 bridgehead atoms. The maximum absolute atomic E-state index is 7.04. The van der Waals surface area contributed by atoms with Crippen LogP contribution in [-0.4, -0.2) is 15.0 Å². The summed E-state index contributed by atoms with van der Waals surface area (Å²) in [5.41, 5.74) is 10.9. The van der Waals surface area contributed by atoms with Crippen molar-refractivity contribution >= 4 is 22.9 Å². The molecule has 6 aromatic carbocycles. The van der Waals surface area contributed by atoms with Crippen LogP contribution in [0.1, 0.15) is 11.1 Å². The Hall–Kier alpha value is -6.65. The van der Waals surface area contributed by atoms with Crippen LogP contribution in [0.2, 0.25) is 0 Å². The number of rotatable bonds is 3. The van der Waals surface area contributed by atoms with Gasteiger partial charge in [-0.1, -0.05) is 127 Å². The highest BCUT2D eigenvalue weighted by Crippen LogP contribution is 2.45. The Labute approximate surface area is 284 Å². The fourth-order valence-corrected chi connectivity index (χ4v) is 6.59. The van der Waals surface area contributed by atoms with Crippen LogP contribution >= 0.6 is 0 Å². The largest absolute Gasteiger partial charge is 0.455 e. The monoisotopic (exact) mass is 627 g/mol. The molecule has 3 heterocycles. The van der Waals surface area contributed by atoms with E-state index in [1.165, 1.54) is 0 Å². The number of pyridine rings is 1. The van der Waals surface area contributed by atoms with E-state index in [9.17, 15) is 0 Å². The van der Waals surface area contributed by atoms with Crippen molar-refractivity contribution in [2.24, 2.45) is 0 Å². The molecule has 230 valence electrons. The number of nitrogens with zero attached hydrogens (tertiary/aromatic N) is 3. The summed E-state index contributed by atoms with van der Waals surface area (Å²) in [6.07, 6.45) is 8.03. The Balaban J connectivity index is 1.30. The van der Waals surface area contributed by atoms with Gasteiger partial charge in [0.25, 0.3) is 0 Å². The van der Waals surface area contributed by atoms with Gasteiger partial charge in [0.2, 0.25) is 0 Å². The number of hydrogen-bond acceptors (Lipinski definition) is 4. The van der Waals surface area contributed by atoms with E-state index in [0.29, 0.717) is 5.82 Å². The molecular weight excluding hydrogens is 599 g/mol. The van der Waals surface area contributed by atoms with Crippen LogP contribution in [0.5, 0.6) is 11.5 Å². The molecule has 0 aliphatic carbocycles. The highest BCUT2D eigenvalue weighted by atomic mass is 16.5. The molecule has 2 aromatic heterocycles. The van der Waals surface area contributed by atoms with Crippen LogP contribution in [-0.2, 0) is 0 Å². The van der Waals surface area contributed by atoms with Gasteiger partial charge in [-0.2, -0.15) is 0 Å². The topological polar surface area (TPSA) is 47.9 Å². The van der Waals surface area contributed by atoms with Gasteiger partial charge in [-0.3, -0.25) is 4.98 Å². The molecule has 1 aliphatic heterocycles. The van der Waals surface area contributed by atoms with Crippen molar-refractivity contribution in [2.75, 3.05) is 0 Å². The minimum Gasteiger partial charge on any atom is -0.455 e. The molecule has 0 fully saturated rings. The van der Waals surface area contributed by atoms with E-state index in [-0.39, 0.29) is 0 Å². The maximum atomic E-state index is 7.04. The number of para-hydroxylation sites is 1. The Bertz CT molecular complexity index is 2470. The van der Waals surface area contributed by atoms with Crippen LogP contribution in [0.3, 0.4) is 0 Å². The highest BCUT2D eigenvalue weighted by molar-refractivity contribution is 5.99. The van der Waals surface area contributed by atoms with Gasteiger partial charge in [-0.15, -0.1) is 0 Å². The second-order valence-electron chi connectivity index (χ2n) is 12.1. The van der Waals surface area contributed by atoms with Gasteiger partial charge >= 0.3 is 0 Å². The summed E-state index contributed by atoms with van der Waals surface area (Å²) >= 11 is 0. The third-order valence-corrected chi connectivity index (χ3v) is 9.03. The lowest BCUT2D eigenvalue weighted by atomic mass is 9.92. The number of benzene rings is 6. The number of hydrogen-bond donors (Lipinski definition) is 0. The van der Waals surface area contributed by atoms with Crippen molar-refractivity contribution in [1.29, 1.82) is 0 Å². The predicted molar refractivity (Wildman–Crippen MR) is 200 cm³/mol. The SMILES string of the molecule is C1=C\c2ccc(-c3cc(-c4cccnc4)nc(-c4ccccc4)n3)cc2-c2ccc3ccccc3c2Oc2ccccc2-c2ccccc2/1. The zero-order valence-electron chi connectivity index (χ0n) is 26.5. The summed E-state index contributed by atoms with van der Waals surface area (Å²) in [5, 5.41) is 2.17. The maximum Gasteiger partial charge on any atom is 0.160 e. The Morgan fingerprint density at radius 3 is 2.02 bits per heavy atom. The van der Waals surface area contributed by atoms with Gasteiger partial charge in [-0.05, 0) is 64.0 Å². The van der Waals surface area contributed by atoms with Gasteiger partial charge < -0.3 is 4.74 Å². The molecule has 49 heavy (non-hydrogen) atoms. The van der Waals surface area contributed by atoms with Crippen molar-refractivity contribution in [3.05, 3.63) is 175 Å². The first kappa shape index (κ1) is 28.6. The molecule has 0 amide bonds. The summed E-state index contributed by atoms with van der Waals surface area (Å²) in [6, 6.07) is 52.2. The van der Waals surface area contributed by atoms with Gasteiger partial charge in [-0.25, -0.2) is 9.97 Å². The first-order chi connectivity index (χ1) is 24.3. The smallest absolute Gasteiger partial charge is 0.160 e. The van der Waals surface area contributed by atoms with Crippen molar-refractivity contribution in [2.45, 2.75) is 0 Å². The quantitative estimate of drug-likeness (QED) is 0.196. The molecule has 0 atom stereocenters. The molecule has 1 aliphatic rings. The fourth-order valence-electron chi connectivity index (χ4n) is 6.59. The van der Waals surface area contributed by atoms with E-state index in [4.69, 9.17) is 14.7 Å². The van der Waals surface area contributed by atoms with Gasteiger partial charge in [0, 0.05) is 45.6 Å². The summed E-state index contributed by atoms with van der Waals surface area (Å²) in [7, 11) is 0. The number of fused-ring (bicyclic) bond motifs is 8. The lowest BCUT2D eigenvalue weighted by Crippen LogP contribution is -1.97. The Morgan fingerprint density at radius 2 is 1.16 bits per heavy atom. The zero-order valence-corrected chi connectivity index (χ0v) is 26.5. The molecule has 0 saturated carbocycles. The van der Waals surface area contributed by atoms with Crippen LogP contribution in [0, 0.1) is 0 Å². The molecular formula is C45H29N3O. The van der Waals surface area contributed by atoms with E-state index in [1.54, 1.807) is 6.20 Å². The molecule has 4 nitrogen and oxygen atoms in total. The first-order valence-corrected chi connectivity index (χ1v) is 16.3. The molecule has 9 rings (SSSR count). The summed E-state index contributed by atoms with van der Waals surface area (Å²) in [4.78, 5) is 14.5. The summed E-state index contributed by atoms with van der Waals surface area (Å²) < 4.78 is 7.04. The lowest BCUT2D eigenvalue weighted by molar-refractivity contribution is 0.492. The number of ether oxygens (including phenoxy) is 1. The summed E-state index contributed by atoms with van der Waals surface area (Å²) in [5.74, 6) is 2.29. The highest BCUT2D eigenvalue weighted by Gasteiger charge is 2.20. The van der Waals surface area contributed by atoms with E-state index in [0.717, 1.165) is 83.7 Å². The Kier molecular flexibility index (Phi) is 7.10. The second-order valence-corrected chi connectivity index (χ2v) is 12.1. The van der Waals surface area contributed by atoms with Gasteiger partial charge in [0.15, 0.2) is 5.82 Å². The molecule has 0 saturated heterocycles. The molecule has 0 spiro atoms. The van der Waals surface area contributed by atoms with Crippen molar-refractivity contribution in [3.8, 4) is 67.7 Å². The molecule has 4 heteroatoms. The predicted octanol–water partition coefficient (Wildman–Crippen LogP) is 11.6. The molecule has 0 unspecified atom stereocenters. The van der Waals surface area contributed by atoms with E-state index in [1.807, 2.05) is 54.7 Å². The third kappa shape index (κ3) is 5.35. The van der Waals surface area contributed by atoms with E-state index < -0.39 is 0 Å². The summed E-state index contributed by atoms with van der Waals surface area (Å²) in [6.45, 7) is 0. The molecule has 0 radical (unpaired) electrons. The van der Waals surface area contributed by atoms with Crippen LogP contribution in [0.25, 0.3) is 79.1 Å². The first-order valence-electron chi connectivity index (χ1n) is 16.3. The van der Waals surface area contributed by atoms with Gasteiger partial charge in [0.1, 0.15) is 11.5 Å². The van der Waals surface area contributed by atoms with Crippen LogP contribution in [0.4, 0.5) is 0 Å². The molecule has 0 N–H and O–H groups in total. The second kappa shape index (κ2) is 12.2. The average Bonchev–Trinajstić information content (AvgIpc) is 3.20. The fraction of sp³-hybridized carbons (Fsp3) is 0. The Morgan fingerprint density at radius 1 is 0.449 bits per heavy atom. The minimum atomic E-state index is 0.663. The lowest BCUT2D eigenvalue weighted by Gasteiger charge is -2.18. The van der Waals surface area contributed by atoms with Crippen molar-refractivity contribution in [1.82, 2.24) is 15.0 Å². The normalized spacial score (nSPS) is 12.4. The van der Waals surface area contributed by atoms with Crippen LogP contribution < -0.4 is 4.74 Å².